The van der Waals surface area contributed by atoms with Crippen LogP contribution in [0.2, 0.25) is 0 Å². The molecule has 0 radical (unpaired) electrons. The van der Waals surface area contributed by atoms with Gasteiger partial charge in [-0.05, 0) is 15.6 Å². The van der Waals surface area contributed by atoms with Crippen molar-refractivity contribution < 1.29 is 21.8 Å². The van der Waals surface area contributed by atoms with Crippen LogP contribution in [0.5, 0.6) is 0 Å². The highest BCUT2D eigenvalue weighted by molar-refractivity contribution is 6.79. The molecule has 29 heavy (non-hydrogen) atoms. The summed E-state index contributed by atoms with van der Waals surface area (Å²) in [7, 11) is -3.30. The molecule has 152 valence electrons. The zero-order valence-electron chi connectivity index (χ0n) is 16.6. The van der Waals surface area contributed by atoms with E-state index in [4.69, 9.17) is 21.8 Å². The number of benzene rings is 3. The van der Waals surface area contributed by atoms with Crippen molar-refractivity contribution in [3.8, 4) is 0 Å². The van der Waals surface area contributed by atoms with E-state index in [2.05, 4.69) is 12.1 Å². The zero-order valence-corrected chi connectivity index (χ0v) is 20.1. The molecule has 0 saturated carbocycles. The van der Waals surface area contributed by atoms with Crippen molar-refractivity contribution in [1.29, 1.82) is 0 Å². The van der Waals surface area contributed by atoms with Crippen molar-refractivity contribution >= 4 is 43.4 Å². The molecular formula is C21H26O5Si3. The topological polar surface area (TPSA) is 46.2 Å². The van der Waals surface area contributed by atoms with Crippen molar-refractivity contribution in [2.45, 2.75) is 0 Å². The maximum absolute atomic E-state index is 6.59. The Morgan fingerprint density at radius 2 is 0.966 bits per heavy atom. The summed E-state index contributed by atoms with van der Waals surface area (Å²) in [4.78, 5) is 0. The van der Waals surface area contributed by atoms with Gasteiger partial charge in [-0.1, -0.05) is 91.0 Å². The molecule has 3 atom stereocenters. The molecule has 0 aliphatic heterocycles. The Kier molecular flexibility index (Phi) is 8.99. The summed E-state index contributed by atoms with van der Waals surface area (Å²) >= 11 is 0. The minimum Gasteiger partial charge on any atom is -0.413 e. The third kappa shape index (κ3) is 6.56. The monoisotopic (exact) mass is 442 g/mol. The van der Waals surface area contributed by atoms with Crippen molar-refractivity contribution in [3.63, 3.8) is 0 Å². The van der Waals surface area contributed by atoms with Crippen LogP contribution in [-0.4, -0.2) is 48.9 Å². The van der Waals surface area contributed by atoms with E-state index < -0.39 is 27.9 Å². The minimum absolute atomic E-state index is 0.186. The molecule has 0 aliphatic carbocycles. The van der Waals surface area contributed by atoms with Crippen LogP contribution >= 0.6 is 0 Å². The quantitative estimate of drug-likeness (QED) is 0.323. The van der Waals surface area contributed by atoms with E-state index in [9.17, 15) is 0 Å². The SMILES string of the molecule is COCO[SiH](O[SiH](O[SiH](OC)c1ccccc1)c1ccccc1)c1ccccc1. The first-order chi connectivity index (χ1) is 14.3. The number of methoxy groups -OCH3 is 1. The largest absolute Gasteiger partial charge is 0.413 e. The van der Waals surface area contributed by atoms with Gasteiger partial charge in [-0.3, -0.25) is 0 Å². The Hall–Kier alpha value is -1.89. The van der Waals surface area contributed by atoms with Crippen molar-refractivity contribution in [2.24, 2.45) is 0 Å². The van der Waals surface area contributed by atoms with E-state index in [1.54, 1.807) is 14.2 Å². The zero-order chi connectivity index (χ0) is 20.3. The van der Waals surface area contributed by atoms with Crippen molar-refractivity contribution in [3.05, 3.63) is 91.0 Å². The second kappa shape index (κ2) is 12.0. The summed E-state index contributed by atoms with van der Waals surface area (Å²) in [5, 5.41) is 3.20. The lowest BCUT2D eigenvalue weighted by Crippen LogP contribution is -2.53. The third-order valence-electron chi connectivity index (χ3n) is 4.26. The van der Waals surface area contributed by atoms with Gasteiger partial charge in [0.25, 0.3) is 0 Å². The van der Waals surface area contributed by atoms with Gasteiger partial charge in [0.15, 0.2) is 0 Å². The molecule has 0 aromatic heterocycles. The van der Waals surface area contributed by atoms with Gasteiger partial charge >= 0.3 is 27.9 Å². The molecule has 8 heteroatoms. The Labute approximate surface area is 177 Å². The second-order valence-corrected chi connectivity index (χ2v) is 13.3. The third-order valence-corrected chi connectivity index (χ3v) is 11.9. The highest BCUT2D eigenvalue weighted by Gasteiger charge is 2.29. The van der Waals surface area contributed by atoms with Gasteiger partial charge in [0.2, 0.25) is 0 Å². The summed E-state index contributed by atoms with van der Waals surface area (Å²) in [6.45, 7) is 0.186. The van der Waals surface area contributed by atoms with E-state index in [0.29, 0.717) is 0 Å². The summed E-state index contributed by atoms with van der Waals surface area (Å²) in [6, 6.07) is 30.2. The highest BCUT2D eigenvalue weighted by Crippen LogP contribution is 2.03. The molecular weight excluding hydrogens is 416 g/mol. The van der Waals surface area contributed by atoms with Gasteiger partial charge in [0.05, 0.1) is 0 Å². The fourth-order valence-electron chi connectivity index (χ4n) is 2.86. The predicted octanol–water partition coefficient (Wildman–Crippen LogP) is 0.670. The molecule has 0 aliphatic rings. The smallest absolute Gasteiger partial charge is 0.348 e. The first-order valence-electron chi connectivity index (χ1n) is 9.41. The fraction of sp³-hybridized carbons (Fsp3) is 0.143. The average Bonchev–Trinajstić information content (AvgIpc) is 2.80. The Morgan fingerprint density at radius 1 is 0.552 bits per heavy atom. The lowest BCUT2D eigenvalue weighted by molar-refractivity contribution is 0.0399. The number of ether oxygens (including phenoxy) is 1. The molecule has 5 nitrogen and oxygen atoms in total. The fourth-order valence-corrected chi connectivity index (χ4v) is 11.1. The van der Waals surface area contributed by atoms with Crippen LogP contribution in [0, 0.1) is 0 Å². The van der Waals surface area contributed by atoms with Crippen LogP contribution in [0.15, 0.2) is 91.0 Å². The number of rotatable bonds is 11. The molecule has 0 bridgehead atoms. The van der Waals surface area contributed by atoms with Crippen molar-refractivity contribution in [2.75, 3.05) is 21.0 Å². The van der Waals surface area contributed by atoms with Gasteiger partial charge in [0.1, 0.15) is 6.79 Å². The molecule has 0 saturated heterocycles. The standard InChI is InChI=1S/C21H26O5Si3/c1-22-18-24-28(20-14-8-4-9-15-20)26-29(21-16-10-5-11-17-21)25-27(23-2)19-12-6-3-7-13-19/h3-17,27-29H,18H2,1-2H3. The Bertz CT molecular complexity index is 823. The normalized spacial score (nSPS) is 14.3. The highest BCUT2D eigenvalue weighted by atomic mass is 28.4. The van der Waals surface area contributed by atoms with Crippen molar-refractivity contribution in [1.82, 2.24) is 0 Å². The summed E-state index contributed by atoms with van der Waals surface area (Å²) < 4.78 is 30.0. The van der Waals surface area contributed by atoms with Gasteiger partial charge in [0, 0.05) is 14.2 Å². The van der Waals surface area contributed by atoms with E-state index in [0.717, 1.165) is 15.6 Å². The summed E-state index contributed by atoms with van der Waals surface area (Å²) in [5.41, 5.74) is 0. The molecule has 3 rings (SSSR count). The lowest BCUT2D eigenvalue weighted by atomic mass is 10.4. The van der Waals surface area contributed by atoms with E-state index in [1.807, 2.05) is 78.9 Å². The molecule has 3 aromatic carbocycles. The van der Waals surface area contributed by atoms with Crippen LogP contribution in [0.25, 0.3) is 0 Å². The molecule has 3 aromatic rings. The summed E-state index contributed by atoms with van der Waals surface area (Å²) in [6.07, 6.45) is 0. The molecule has 0 heterocycles. The Balaban J connectivity index is 1.86. The molecule has 0 spiro atoms. The van der Waals surface area contributed by atoms with Crippen LogP contribution in [0.3, 0.4) is 0 Å². The molecule has 3 unspecified atom stereocenters. The summed E-state index contributed by atoms with van der Waals surface area (Å²) in [5.74, 6) is 0. The van der Waals surface area contributed by atoms with Gasteiger partial charge in [-0.2, -0.15) is 0 Å². The maximum atomic E-state index is 6.59. The van der Waals surface area contributed by atoms with Gasteiger partial charge in [-0.25, -0.2) is 0 Å². The first kappa shape index (κ1) is 21.8. The Morgan fingerprint density at radius 3 is 1.41 bits per heavy atom. The lowest BCUT2D eigenvalue weighted by Gasteiger charge is -2.26. The molecule has 0 amide bonds. The van der Waals surface area contributed by atoms with Gasteiger partial charge in [-0.15, -0.1) is 0 Å². The van der Waals surface area contributed by atoms with E-state index in [-0.39, 0.29) is 6.79 Å². The van der Waals surface area contributed by atoms with Crippen LogP contribution in [-0.2, 0) is 21.8 Å². The number of hydrogen-bond acceptors (Lipinski definition) is 5. The van der Waals surface area contributed by atoms with Gasteiger partial charge < -0.3 is 21.8 Å². The predicted molar refractivity (Wildman–Crippen MR) is 122 cm³/mol. The minimum atomic E-state index is -2.29. The average molecular weight is 443 g/mol. The molecule has 0 N–H and O–H groups in total. The first-order valence-corrected chi connectivity index (χ1v) is 14.0. The second-order valence-electron chi connectivity index (χ2n) is 6.31. The van der Waals surface area contributed by atoms with Crippen LogP contribution < -0.4 is 15.6 Å². The van der Waals surface area contributed by atoms with Crippen LogP contribution in [0.1, 0.15) is 0 Å². The number of hydrogen-bond donors (Lipinski definition) is 0. The van der Waals surface area contributed by atoms with Crippen LogP contribution in [0.4, 0.5) is 0 Å². The molecule has 0 fully saturated rings. The van der Waals surface area contributed by atoms with E-state index in [1.165, 1.54) is 0 Å². The maximum Gasteiger partial charge on any atom is 0.348 e. The van der Waals surface area contributed by atoms with E-state index >= 15 is 0 Å².